The molecule has 1 aliphatic heterocycles. The summed E-state index contributed by atoms with van der Waals surface area (Å²) in [5.74, 6) is -2.39. The molecule has 1 aliphatic rings. The number of nitrogens with zero attached hydrogens (tertiary/aromatic N) is 8. The zero-order valence-corrected chi connectivity index (χ0v) is 19.4. The number of nitriles is 1. The summed E-state index contributed by atoms with van der Waals surface area (Å²) in [6, 6.07) is 5.19. The first-order valence-electron chi connectivity index (χ1n) is 10.3. The summed E-state index contributed by atoms with van der Waals surface area (Å²) in [5.41, 5.74) is -2.50. The first-order chi connectivity index (χ1) is 17.0. The standard InChI is InChI=1S/C21H14F4N8O2S/c1-9-30-31-20(36-9)35-11-7-33(8-11)19-28-14(12-4-3-10(6-26)5-13(12)22)15-16(29-19)17(34)32(2)18(27-15)21(23,24)25/h3-5,11H,7-8H2,1-2H3. The van der Waals surface area contributed by atoms with E-state index < -0.39 is 34.4 Å². The second-order valence-electron chi connectivity index (χ2n) is 7.91. The van der Waals surface area contributed by atoms with Crippen molar-refractivity contribution < 1.29 is 22.3 Å². The summed E-state index contributed by atoms with van der Waals surface area (Å²) in [6.07, 6.45) is -5.24. The van der Waals surface area contributed by atoms with Gasteiger partial charge >= 0.3 is 6.18 Å². The smallest absolute Gasteiger partial charge is 0.449 e. The maximum absolute atomic E-state index is 14.9. The zero-order chi connectivity index (χ0) is 25.8. The third kappa shape index (κ3) is 4.09. The Morgan fingerprint density at radius 3 is 2.53 bits per heavy atom. The van der Waals surface area contributed by atoms with Crippen LogP contribution in [0.1, 0.15) is 16.4 Å². The topological polar surface area (TPSA) is 123 Å². The molecular weight excluding hydrogens is 504 g/mol. The van der Waals surface area contributed by atoms with Crippen molar-refractivity contribution >= 4 is 28.3 Å². The SMILES string of the molecule is Cc1nnc(OC2CN(c3nc(-c4ccc(C#N)cc4F)c4nc(C(F)(F)F)n(C)c(=O)c4n3)C2)s1. The zero-order valence-electron chi connectivity index (χ0n) is 18.5. The van der Waals surface area contributed by atoms with E-state index in [0.29, 0.717) is 9.76 Å². The first kappa shape index (κ1) is 23.5. The van der Waals surface area contributed by atoms with Crippen molar-refractivity contribution in [2.45, 2.75) is 19.2 Å². The van der Waals surface area contributed by atoms with Crippen molar-refractivity contribution in [1.82, 2.24) is 29.7 Å². The van der Waals surface area contributed by atoms with Crippen molar-refractivity contribution in [1.29, 1.82) is 5.26 Å². The van der Waals surface area contributed by atoms with Crippen LogP contribution < -0.4 is 15.2 Å². The lowest BCUT2D eigenvalue weighted by Gasteiger charge is -2.38. The van der Waals surface area contributed by atoms with Gasteiger partial charge in [0.15, 0.2) is 5.52 Å². The monoisotopic (exact) mass is 518 g/mol. The molecular formula is C21H14F4N8O2S. The lowest BCUT2D eigenvalue weighted by atomic mass is 10.1. The maximum atomic E-state index is 14.9. The van der Waals surface area contributed by atoms with Crippen LogP contribution in [0.5, 0.6) is 5.19 Å². The molecule has 15 heteroatoms. The van der Waals surface area contributed by atoms with Gasteiger partial charge in [0.25, 0.3) is 10.8 Å². The molecule has 1 aromatic carbocycles. The Balaban J connectivity index is 1.62. The molecule has 3 aromatic heterocycles. The van der Waals surface area contributed by atoms with Crippen molar-refractivity contribution in [3.05, 3.63) is 50.8 Å². The van der Waals surface area contributed by atoms with Crippen molar-refractivity contribution in [2.75, 3.05) is 18.0 Å². The van der Waals surface area contributed by atoms with Crippen LogP contribution in [0.15, 0.2) is 23.0 Å². The number of hydrogen-bond acceptors (Lipinski definition) is 10. The van der Waals surface area contributed by atoms with Crippen molar-refractivity contribution in [3.8, 4) is 22.5 Å². The fourth-order valence-corrected chi connectivity index (χ4v) is 4.24. The highest BCUT2D eigenvalue weighted by atomic mass is 32.1. The molecule has 10 nitrogen and oxygen atoms in total. The van der Waals surface area contributed by atoms with Crippen LogP contribution in [-0.2, 0) is 13.2 Å². The molecule has 0 bridgehead atoms. The number of benzene rings is 1. The molecule has 0 N–H and O–H groups in total. The van der Waals surface area contributed by atoms with E-state index in [1.165, 1.54) is 23.5 Å². The number of ether oxygens (including phenoxy) is 1. The highest BCUT2D eigenvalue weighted by molar-refractivity contribution is 7.12. The minimum Gasteiger partial charge on any atom is -0.462 e. The van der Waals surface area contributed by atoms with Gasteiger partial charge in [-0.25, -0.2) is 19.3 Å². The quantitative estimate of drug-likeness (QED) is 0.375. The molecule has 0 saturated carbocycles. The largest absolute Gasteiger partial charge is 0.462 e. The fraction of sp³-hybridized carbons (Fsp3) is 0.286. The Morgan fingerprint density at radius 1 is 1.17 bits per heavy atom. The van der Waals surface area contributed by atoms with E-state index in [-0.39, 0.29) is 42.0 Å². The number of hydrogen-bond donors (Lipinski definition) is 0. The summed E-state index contributed by atoms with van der Waals surface area (Å²) in [6.45, 7) is 2.35. The number of rotatable bonds is 4. The summed E-state index contributed by atoms with van der Waals surface area (Å²) >= 11 is 1.27. The van der Waals surface area contributed by atoms with E-state index in [2.05, 4.69) is 25.1 Å². The molecule has 0 unspecified atom stereocenters. The minimum atomic E-state index is -4.95. The van der Waals surface area contributed by atoms with Crippen molar-refractivity contribution in [2.24, 2.45) is 7.05 Å². The molecule has 0 radical (unpaired) electrons. The Morgan fingerprint density at radius 2 is 1.92 bits per heavy atom. The molecule has 5 rings (SSSR count). The molecule has 4 aromatic rings. The maximum Gasteiger partial charge on any atom is 0.449 e. The summed E-state index contributed by atoms with van der Waals surface area (Å²) < 4.78 is 61.7. The van der Waals surface area contributed by atoms with Gasteiger partial charge in [-0.2, -0.15) is 18.4 Å². The van der Waals surface area contributed by atoms with Crippen LogP contribution in [0.4, 0.5) is 23.5 Å². The van der Waals surface area contributed by atoms with Gasteiger partial charge in [-0.15, -0.1) is 10.2 Å². The number of fused-ring (bicyclic) bond motifs is 1. The van der Waals surface area contributed by atoms with E-state index in [1.807, 2.05) is 0 Å². The molecule has 0 spiro atoms. The van der Waals surface area contributed by atoms with Crippen LogP contribution >= 0.6 is 11.3 Å². The molecule has 184 valence electrons. The lowest BCUT2D eigenvalue weighted by Crippen LogP contribution is -2.54. The normalized spacial score (nSPS) is 14.1. The third-order valence-electron chi connectivity index (χ3n) is 5.43. The average molecular weight is 518 g/mol. The van der Waals surface area contributed by atoms with Gasteiger partial charge in [0.1, 0.15) is 28.1 Å². The average Bonchev–Trinajstić information content (AvgIpc) is 3.21. The number of alkyl halides is 3. The Kier molecular flexibility index (Phi) is 5.55. The van der Waals surface area contributed by atoms with Gasteiger partial charge in [-0.3, -0.25) is 9.36 Å². The fourth-order valence-electron chi connectivity index (χ4n) is 3.64. The van der Waals surface area contributed by atoms with Crippen LogP contribution in [0, 0.1) is 24.1 Å². The summed E-state index contributed by atoms with van der Waals surface area (Å²) in [5, 5.41) is 17.9. The van der Waals surface area contributed by atoms with E-state index in [1.54, 1.807) is 17.9 Å². The highest BCUT2D eigenvalue weighted by Gasteiger charge is 2.38. The minimum absolute atomic E-state index is 0.00401. The summed E-state index contributed by atoms with van der Waals surface area (Å²) in [4.78, 5) is 26.6. The summed E-state index contributed by atoms with van der Waals surface area (Å²) in [7, 11) is 0.929. The predicted molar refractivity (Wildman–Crippen MR) is 119 cm³/mol. The van der Waals surface area contributed by atoms with Gasteiger partial charge in [0.05, 0.1) is 24.7 Å². The van der Waals surface area contributed by atoms with Gasteiger partial charge in [-0.1, -0.05) is 11.3 Å². The molecule has 36 heavy (non-hydrogen) atoms. The van der Waals surface area contributed by atoms with Gasteiger partial charge < -0.3 is 9.64 Å². The van der Waals surface area contributed by atoms with Gasteiger partial charge in [0.2, 0.25) is 11.8 Å². The van der Waals surface area contributed by atoms with E-state index in [4.69, 9.17) is 10.00 Å². The lowest BCUT2D eigenvalue weighted by molar-refractivity contribution is -0.147. The number of aromatic nitrogens is 6. The Hall–Kier alpha value is -4.19. The highest BCUT2D eigenvalue weighted by Crippen LogP contribution is 2.33. The molecule has 0 amide bonds. The Labute approximate surface area is 203 Å². The van der Waals surface area contributed by atoms with Crippen LogP contribution in [0.2, 0.25) is 0 Å². The third-order valence-corrected chi connectivity index (χ3v) is 6.16. The van der Waals surface area contributed by atoms with Crippen LogP contribution in [0.25, 0.3) is 22.3 Å². The predicted octanol–water partition coefficient (Wildman–Crippen LogP) is 2.85. The van der Waals surface area contributed by atoms with E-state index in [9.17, 15) is 22.4 Å². The number of halogens is 4. The molecule has 0 aliphatic carbocycles. The molecule has 4 heterocycles. The molecule has 1 fully saturated rings. The van der Waals surface area contributed by atoms with Gasteiger partial charge in [0, 0.05) is 12.6 Å². The van der Waals surface area contributed by atoms with Crippen molar-refractivity contribution in [3.63, 3.8) is 0 Å². The van der Waals surface area contributed by atoms with E-state index >= 15 is 0 Å². The van der Waals surface area contributed by atoms with Crippen LogP contribution in [-0.4, -0.2) is 48.9 Å². The first-order valence-corrected chi connectivity index (χ1v) is 11.1. The molecule has 0 atom stereocenters. The van der Waals surface area contributed by atoms with Crippen LogP contribution in [0.3, 0.4) is 0 Å². The van der Waals surface area contributed by atoms with Gasteiger partial charge in [-0.05, 0) is 25.1 Å². The van der Waals surface area contributed by atoms with E-state index in [0.717, 1.165) is 18.1 Å². The number of aryl methyl sites for hydroxylation is 1. The second kappa shape index (κ2) is 8.48. The second-order valence-corrected chi connectivity index (χ2v) is 9.05. The molecule has 1 saturated heterocycles. The number of anilines is 1. The Bertz CT molecular complexity index is 1600.